The van der Waals surface area contributed by atoms with Crippen molar-refractivity contribution >= 4 is 34.5 Å². The predicted molar refractivity (Wildman–Crippen MR) is 106 cm³/mol. The number of aromatic nitrogens is 4. The number of nitrogens with zero attached hydrogens (tertiary/aromatic N) is 6. The molecule has 1 aromatic carbocycles. The van der Waals surface area contributed by atoms with Gasteiger partial charge in [0.2, 0.25) is 5.91 Å². The molecule has 0 unspecified atom stereocenters. The molecule has 1 fully saturated rings. The molecule has 1 aliphatic heterocycles. The number of hydrogen-bond acceptors (Lipinski definition) is 7. The molecular formula is C19H20N6OS. The fourth-order valence-electron chi connectivity index (χ4n) is 3.07. The average molecular weight is 380 g/mol. The number of piperazine rings is 1. The van der Waals surface area contributed by atoms with Crippen molar-refractivity contribution in [1.82, 2.24) is 24.8 Å². The zero-order valence-corrected chi connectivity index (χ0v) is 15.9. The van der Waals surface area contributed by atoms with E-state index in [0.29, 0.717) is 18.8 Å². The molecule has 27 heavy (non-hydrogen) atoms. The number of para-hydroxylation sites is 2. The van der Waals surface area contributed by atoms with E-state index in [1.165, 1.54) is 11.8 Å². The van der Waals surface area contributed by atoms with E-state index in [1.54, 1.807) is 18.6 Å². The predicted octanol–water partition coefficient (Wildman–Crippen LogP) is 2.17. The highest BCUT2D eigenvalue weighted by Gasteiger charge is 2.22. The van der Waals surface area contributed by atoms with E-state index in [9.17, 15) is 4.79 Å². The van der Waals surface area contributed by atoms with Gasteiger partial charge in [0.05, 0.1) is 28.7 Å². The van der Waals surface area contributed by atoms with Gasteiger partial charge in [0.1, 0.15) is 10.8 Å². The molecule has 3 aromatic rings. The Balaban J connectivity index is 1.34. The number of rotatable bonds is 4. The van der Waals surface area contributed by atoms with Crippen LogP contribution in [0.1, 0.15) is 5.69 Å². The summed E-state index contributed by atoms with van der Waals surface area (Å²) in [6, 6.07) is 7.79. The van der Waals surface area contributed by atoms with E-state index in [0.717, 1.165) is 40.7 Å². The maximum atomic E-state index is 12.6. The van der Waals surface area contributed by atoms with Crippen molar-refractivity contribution in [3.8, 4) is 0 Å². The number of fused-ring (bicyclic) bond motifs is 1. The van der Waals surface area contributed by atoms with Crippen LogP contribution in [0.5, 0.6) is 0 Å². The first-order chi connectivity index (χ1) is 13.2. The third kappa shape index (κ3) is 4.00. The van der Waals surface area contributed by atoms with E-state index in [1.807, 2.05) is 36.1 Å². The van der Waals surface area contributed by atoms with Crippen LogP contribution >= 0.6 is 11.8 Å². The van der Waals surface area contributed by atoms with Crippen LogP contribution in [0.15, 0.2) is 47.9 Å². The Bertz CT molecular complexity index is 943. The Morgan fingerprint density at radius 1 is 1.07 bits per heavy atom. The molecule has 0 aliphatic carbocycles. The number of carbonyl (C=O) groups is 1. The van der Waals surface area contributed by atoms with Gasteiger partial charge in [-0.3, -0.25) is 9.78 Å². The second-order valence-corrected chi connectivity index (χ2v) is 7.29. The van der Waals surface area contributed by atoms with Crippen molar-refractivity contribution in [1.29, 1.82) is 0 Å². The minimum atomic E-state index is 0.133. The van der Waals surface area contributed by atoms with E-state index in [2.05, 4.69) is 24.8 Å². The van der Waals surface area contributed by atoms with E-state index in [4.69, 9.17) is 0 Å². The molecule has 0 radical (unpaired) electrons. The molecule has 1 aliphatic rings. The summed E-state index contributed by atoms with van der Waals surface area (Å²) >= 11 is 1.46. The Morgan fingerprint density at radius 3 is 2.52 bits per heavy atom. The topological polar surface area (TPSA) is 75.1 Å². The van der Waals surface area contributed by atoms with Crippen LogP contribution in [0.4, 0.5) is 5.82 Å². The molecule has 7 nitrogen and oxygen atoms in total. The van der Waals surface area contributed by atoms with Gasteiger partial charge in [-0.25, -0.2) is 15.0 Å². The molecule has 1 saturated heterocycles. The standard InChI is InChI=1S/C19H20N6OS/c1-14-19(23-16-5-3-2-4-15(16)22-14)27-13-18(26)25-10-8-24(9-11-25)17-12-20-6-7-21-17/h2-7,12H,8-11,13H2,1H3. The van der Waals surface area contributed by atoms with E-state index < -0.39 is 0 Å². The molecule has 0 spiro atoms. The minimum Gasteiger partial charge on any atom is -0.352 e. The number of aryl methyl sites for hydroxylation is 1. The summed E-state index contributed by atoms with van der Waals surface area (Å²) in [5.74, 6) is 1.37. The van der Waals surface area contributed by atoms with E-state index >= 15 is 0 Å². The number of benzene rings is 1. The highest BCUT2D eigenvalue weighted by Crippen LogP contribution is 2.22. The van der Waals surface area contributed by atoms with Crippen molar-refractivity contribution in [3.05, 3.63) is 48.5 Å². The maximum absolute atomic E-state index is 12.6. The van der Waals surface area contributed by atoms with Gasteiger partial charge in [0.25, 0.3) is 0 Å². The van der Waals surface area contributed by atoms with Crippen molar-refractivity contribution in [2.75, 3.05) is 36.8 Å². The van der Waals surface area contributed by atoms with Gasteiger partial charge in [0.15, 0.2) is 0 Å². The number of hydrogen-bond donors (Lipinski definition) is 0. The molecule has 4 rings (SSSR count). The van der Waals surface area contributed by atoms with Crippen molar-refractivity contribution < 1.29 is 4.79 Å². The first kappa shape index (κ1) is 17.7. The molecule has 0 bridgehead atoms. The molecule has 3 heterocycles. The lowest BCUT2D eigenvalue weighted by Crippen LogP contribution is -2.49. The van der Waals surface area contributed by atoms with Crippen LogP contribution in [0.25, 0.3) is 11.0 Å². The van der Waals surface area contributed by atoms with Gasteiger partial charge in [-0.2, -0.15) is 0 Å². The molecule has 0 N–H and O–H groups in total. The summed E-state index contributed by atoms with van der Waals surface area (Å²) in [5.41, 5.74) is 2.60. The minimum absolute atomic E-state index is 0.133. The third-order valence-corrected chi connectivity index (χ3v) is 5.59. The Morgan fingerprint density at radius 2 is 1.81 bits per heavy atom. The lowest BCUT2D eigenvalue weighted by Gasteiger charge is -2.35. The molecule has 0 saturated carbocycles. The largest absolute Gasteiger partial charge is 0.352 e. The monoisotopic (exact) mass is 380 g/mol. The summed E-state index contributed by atoms with van der Waals surface area (Å²) in [6.45, 7) is 4.86. The van der Waals surface area contributed by atoms with Crippen LogP contribution < -0.4 is 4.90 Å². The quantitative estimate of drug-likeness (QED) is 0.642. The van der Waals surface area contributed by atoms with Crippen molar-refractivity contribution in [2.24, 2.45) is 0 Å². The second kappa shape index (κ2) is 7.87. The molecular weight excluding hydrogens is 360 g/mol. The summed E-state index contributed by atoms with van der Waals surface area (Å²) in [7, 11) is 0. The highest BCUT2D eigenvalue weighted by atomic mass is 32.2. The number of carbonyl (C=O) groups excluding carboxylic acids is 1. The van der Waals surface area contributed by atoms with Crippen LogP contribution in [-0.4, -0.2) is 62.7 Å². The van der Waals surface area contributed by atoms with Crippen LogP contribution in [0.2, 0.25) is 0 Å². The van der Waals surface area contributed by atoms with Gasteiger partial charge in [-0.1, -0.05) is 23.9 Å². The first-order valence-electron chi connectivity index (χ1n) is 8.85. The van der Waals surface area contributed by atoms with Crippen LogP contribution in [0.3, 0.4) is 0 Å². The Labute approximate surface area is 161 Å². The third-order valence-electron chi connectivity index (χ3n) is 4.54. The average Bonchev–Trinajstić information content (AvgIpc) is 2.73. The zero-order chi connectivity index (χ0) is 18.6. The van der Waals surface area contributed by atoms with Crippen LogP contribution in [0, 0.1) is 6.92 Å². The van der Waals surface area contributed by atoms with Crippen LogP contribution in [-0.2, 0) is 4.79 Å². The summed E-state index contributed by atoms with van der Waals surface area (Å²) in [6.07, 6.45) is 5.11. The summed E-state index contributed by atoms with van der Waals surface area (Å²) in [5, 5.41) is 0.820. The van der Waals surface area contributed by atoms with Crippen molar-refractivity contribution in [3.63, 3.8) is 0 Å². The van der Waals surface area contributed by atoms with Gasteiger partial charge in [-0.05, 0) is 19.1 Å². The lowest BCUT2D eigenvalue weighted by molar-refractivity contribution is -0.128. The van der Waals surface area contributed by atoms with Gasteiger partial charge in [0, 0.05) is 38.6 Å². The molecule has 0 atom stereocenters. The Kier molecular flexibility index (Phi) is 5.15. The number of thioether (sulfide) groups is 1. The van der Waals surface area contributed by atoms with Gasteiger partial charge in [-0.15, -0.1) is 0 Å². The van der Waals surface area contributed by atoms with E-state index in [-0.39, 0.29) is 5.91 Å². The van der Waals surface area contributed by atoms with Crippen molar-refractivity contribution in [2.45, 2.75) is 11.9 Å². The zero-order valence-electron chi connectivity index (χ0n) is 15.1. The summed E-state index contributed by atoms with van der Waals surface area (Å²) < 4.78 is 0. The fraction of sp³-hybridized carbons (Fsp3) is 0.316. The molecule has 1 amide bonds. The number of anilines is 1. The first-order valence-corrected chi connectivity index (χ1v) is 9.84. The maximum Gasteiger partial charge on any atom is 0.233 e. The fourth-order valence-corrected chi connectivity index (χ4v) is 3.93. The SMILES string of the molecule is Cc1nc2ccccc2nc1SCC(=O)N1CCN(c2cnccn2)CC1. The molecule has 2 aromatic heterocycles. The van der Waals surface area contributed by atoms with Gasteiger partial charge < -0.3 is 9.80 Å². The second-order valence-electron chi connectivity index (χ2n) is 6.32. The smallest absolute Gasteiger partial charge is 0.233 e. The lowest BCUT2D eigenvalue weighted by atomic mass is 10.3. The molecule has 138 valence electrons. The van der Waals surface area contributed by atoms with Gasteiger partial charge >= 0.3 is 0 Å². The summed E-state index contributed by atoms with van der Waals surface area (Å²) in [4.78, 5) is 34.3. The Hall–Kier alpha value is -2.74. The molecule has 8 heteroatoms. The normalized spacial score (nSPS) is 14.6. The highest BCUT2D eigenvalue weighted by molar-refractivity contribution is 7.99. The number of amides is 1.